The number of aliphatic hydroxyl groups is 1. The fourth-order valence-electron chi connectivity index (χ4n) is 2.89. The molecule has 0 radical (unpaired) electrons. The predicted octanol–water partition coefficient (Wildman–Crippen LogP) is 1.13. The van der Waals surface area contributed by atoms with E-state index in [2.05, 4.69) is 20.5 Å². The molecule has 0 aromatic carbocycles. The SMILES string of the molecule is Cc1cnn([C@@H](C)CNC(=O)c2cc(CN3CCC(O)CC3)on2)c1. The minimum Gasteiger partial charge on any atom is -0.393 e. The van der Waals surface area contributed by atoms with Gasteiger partial charge in [-0.2, -0.15) is 5.10 Å². The van der Waals surface area contributed by atoms with Crippen LogP contribution in [-0.4, -0.2) is 56.6 Å². The molecule has 0 saturated carbocycles. The van der Waals surface area contributed by atoms with E-state index < -0.39 is 0 Å². The normalized spacial score (nSPS) is 17.6. The average Bonchev–Trinajstić information content (AvgIpc) is 3.24. The number of hydrogen-bond donors (Lipinski definition) is 2. The lowest BCUT2D eigenvalue weighted by molar-refractivity contribution is 0.0748. The summed E-state index contributed by atoms with van der Waals surface area (Å²) < 4.78 is 7.11. The van der Waals surface area contributed by atoms with Crippen LogP contribution < -0.4 is 5.32 Å². The van der Waals surface area contributed by atoms with Crippen molar-refractivity contribution >= 4 is 5.91 Å². The van der Waals surface area contributed by atoms with Crippen molar-refractivity contribution in [3.63, 3.8) is 0 Å². The summed E-state index contributed by atoms with van der Waals surface area (Å²) >= 11 is 0. The molecule has 0 bridgehead atoms. The maximum absolute atomic E-state index is 12.2. The Bertz CT molecular complexity index is 703. The Morgan fingerprint density at radius 3 is 2.92 bits per heavy atom. The van der Waals surface area contributed by atoms with E-state index >= 15 is 0 Å². The monoisotopic (exact) mass is 347 g/mol. The second-order valence-electron chi connectivity index (χ2n) is 6.74. The molecule has 1 saturated heterocycles. The lowest BCUT2D eigenvalue weighted by atomic mass is 10.1. The molecule has 1 atom stereocenters. The predicted molar refractivity (Wildman–Crippen MR) is 91.0 cm³/mol. The summed E-state index contributed by atoms with van der Waals surface area (Å²) in [6.45, 7) is 6.69. The average molecular weight is 347 g/mol. The van der Waals surface area contributed by atoms with Gasteiger partial charge in [0.05, 0.1) is 24.9 Å². The van der Waals surface area contributed by atoms with Gasteiger partial charge in [0.15, 0.2) is 11.5 Å². The smallest absolute Gasteiger partial charge is 0.273 e. The number of nitrogens with one attached hydrogen (secondary N) is 1. The van der Waals surface area contributed by atoms with Gasteiger partial charge in [0.1, 0.15) is 0 Å². The standard InChI is InChI=1S/C17H25N5O3/c1-12-8-19-22(10-12)13(2)9-18-17(24)16-7-15(25-20-16)11-21-5-3-14(23)4-6-21/h7-8,10,13-14,23H,3-6,9,11H2,1-2H3,(H,18,24)/t13-/m0/s1. The van der Waals surface area contributed by atoms with Crippen LogP contribution in [0.1, 0.15) is 47.6 Å². The molecular formula is C17H25N5O3. The molecule has 2 aromatic heterocycles. The van der Waals surface area contributed by atoms with Crippen molar-refractivity contribution in [3.05, 3.63) is 35.5 Å². The fourth-order valence-corrected chi connectivity index (χ4v) is 2.89. The summed E-state index contributed by atoms with van der Waals surface area (Å²) in [5, 5.41) is 20.5. The van der Waals surface area contributed by atoms with Gasteiger partial charge in [-0.25, -0.2) is 0 Å². The van der Waals surface area contributed by atoms with Gasteiger partial charge in [0.25, 0.3) is 5.91 Å². The Hall–Kier alpha value is -2.19. The van der Waals surface area contributed by atoms with Crippen molar-refractivity contribution in [2.24, 2.45) is 0 Å². The number of hydrogen-bond acceptors (Lipinski definition) is 6. The summed E-state index contributed by atoms with van der Waals surface area (Å²) in [4.78, 5) is 14.4. The summed E-state index contributed by atoms with van der Waals surface area (Å²) in [6.07, 6.45) is 5.08. The molecule has 0 spiro atoms. The number of nitrogens with zero attached hydrogens (tertiary/aromatic N) is 4. The summed E-state index contributed by atoms with van der Waals surface area (Å²) in [7, 11) is 0. The van der Waals surface area contributed by atoms with E-state index in [1.807, 2.05) is 24.7 Å². The molecular weight excluding hydrogens is 322 g/mol. The van der Waals surface area contributed by atoms with Crippen LogP contribution in [0, 0.1) is 6.92 Å². The third-order valence-corrected chi connectivity index (χ3v) is 4.47. The molecule has 8 heteroatoms. The number of carbonyl (C=O) groups excluding carboxylic acids is 1. The maximum Gasteiger partial charge on any atom is 0.273 e. The molecule has 1 aliphatic heterocycles. The number of aliphatic hydroxyl groups excluding tert-OH is 1. The Morgan fingerprint density at radius 2 is 2.24 bits per heavy atom. The third kappa shape index (κ3) is 4.67. The number of aromatic nitrogens is 3. The topological polar surface area (TPSA) is 96.4 Å². The van der Waals surface area contributed by atoms with Crippen molar-refractivity contribution in [3.8, 4) is 0 Å². The number of likely N-dealkylation sites (tertiary alicyclic amines) is 1. The van der Waals surface area contributed by atoms with Gasteiger partial charge in [-0.15, -0.1) is 0 Å². The Labute approximate surface area is 146 Å². The van der Waals surface area contributed by atoms with E-state index in [-0.39, 0.29) is 23.7 Å². The van der Waals surface area contributed by atoms with Crippen molar-refractivity contribution in [1.29, 1.82) is 0 Å². The quantitative estimate of drug-likeness (QED) is 0.813. The number of carbonyl (C=O) groups is 1. The number of rotatable bonds is 6. The molecule has 0 unspecified atom stereocenters. The zero-order chi connectivity index (χ0) is 17.8. The number of amides is 1. The Kier molecular flexibility index (Phi) is 5.50. The highest BCUT2D eigenvalue weighted by Crippen LogP contribution is 2.14. The summed E-state index contributed by atoms with van der Waals surface area (Å²) in [5.41, 5.74) is 1.38. The van der Waals surface area contributed by atoms with E-state index in [1.54, 1.807) is 12.3 Å². The van der Waals surface area contributed by atoms with Gasteiger partial charge < -0.3 is 14.9 Å². The highest BCUT2D eigenvalue weighted by atomic mass is 16.5. The van der Waals surface area contributed by atoms with Crippen LogP contribution in [0.5, 0.6) is 0 Å². The van der Waals surface area contributed by atoms with Crippen molar-refractivity contribution in [1.82, 2.24) is 25.2 Å². The van der Waals surface area contributed by atoms with E-state index in [0.717, 1.165) is 31.5 Å². The van der Waals surface area contributed by atoms with Crippen LogP contribution in [0.2, 0.25) is 0 Å². The number of piperidine rings is 1. The first-order valence-electron chi connectivity index (χ1n) is 8.66. The molecule has 136 valence electrons. The molecule has 8 nitrogen and oxygen atoms in total. The molecule has 25 heavy (non-hydrogen) atoms. The minimum absolute atomic E-state index is 0.0591. The lowest BCUT2D eigenvalue weighted by Gasteiger charge is -2.28. The fraction of sp³-hybridized carbons (Fsp3) is 0.588. The summed E-state index contributed by atoms with van der Waals surface area (Å²) in [6, 6.07) is 1.74. The van der Waals surface area contributed by atoms with E-state index in [1.165, 1.54) is 0 Å². The van der Waals surface area contributed by atoms with Crippen LogP contribution in [-0.2, 0) is 6.54 Å². The first-order chi connectivity index (χ1) is 12.0. The zero-order valence-electron chi connectivity index (χ0n) is 14.7. The van der Waals surface area contributed by atoms with Gasteiger partial charge >= 0.3 is 0 Å². The van der Waals surface area contributed by atoms with E-state index in [9.17, 15) is 9.90 Å². The lowest BCUT2D eigenvalue weighted by Crippen LogP contribution is -2.35. The largest absolute Gasteiger partial charge is 0.393 e. The maximum atomic E-state index is 12.2. The molecule has 1 aliphatic rings. The second-order valence-corrected chi connectivity index (χ2v) is 6.74. The van der Waals surface area contributed by atoms with Gasteiger partial charge in [0, 0.05) is 31.9 Å². The van der Waals surface area contributed by atoms with E-state index in [4.69, 9.17) is 4.52 Å². The molecule has 3 heterocycles. The Morgan fingerprint density at radius 1 is 1.48 bits per heavy atom. The molecule has 3 rings (SSSR count). The van der Waals surface area contributed by atoms with Gasteiger partial charge in [0.2, 0.25) is 0 Å². The van der Waals surface area contributed by atoms with Crippen LogP contribution in [0.15, 0.2) is 23.0 Å². The van der Waals surface area contributed by atoms with Crippen molar-refractivity contribution in [2.45, 2.75) is 45.4 Å². The first-order valence-corrected chi connectivity index (χ1v) is 8.66. The van der Waals surface area contributed by atoms with Gasteiger partial charge in [-0.3, -0.25) is 14.4 Å². The molecule has 1 fully saturated rings. The van der Waals surface area contributed by atoms with E-state index in [0.29, 0.717) is 18.8 Å². The Balaban J connectivity index is 1.48. The van der Waals surface area contributed by atoms with Crippen LogP contribution in [0.4, 0.5) is 0 Å². The second kappa shape index (κ2) is 7.79. The van der Waals surface area contributed by atoms with Crippen molar-refractivity contribution in [2.75, 3.05) is 19.6 Å². The van der Waals surface area contributed by atoms with Gasteiger partial charge in [-0.05, 0) is 32.3 Å². The van der Waals surface area contributed by atoms with Crippen molar-refractivity contribution < 1.29 is 14.4 Å². The molecule has 0 aliphatic carbocycles. The summed E-state index contributed by atoms with van der Waals surface area (Å²) in [5.74, 6) is 0.414. The first kappa shape index (κ1) is 17.6. The molecule has 2 N–H and O–H groups in total. The van der Waals surface area contributed by atoms with Crippen LogP contribution >= 0.6 is 0 Å². The van der Waals surface area contributed by atoms with Gasteiger partial charge in [-0.1, -0.05) is 5.16 Å². The van der Waals surface area contributed by atoms with Crippen LogP contribution in [0.3, 0.4) is 0 Å². The molecule has 2 aromatic rings. The number of aryl methyl sites for hydroxylation is 1. The highest BCUT2D eigenvalue weighted by Gasteiger charge is 2.20. The molecule has 1 amide bonds. The highest BCUT2D eigenvalue weighted by molar-refractivity contribution is 5.92. The minimum atomic E-state index is -0.250. The van der Waals surface area contributed by atoms with Crippen LogP contribution in [0.25, 0.3) is 0 Å². The third-order valence-electron chi connectivity index (χ3n) is 4.47. The zero-order valence-corrected chi connectivity index (χ0v) is 14.7.